The van der Waals surface area contributed by atoms with Crippen LogP contribution < -0.4 is 4.90 Å². The molecule has 0 aliphatic carbocycles. The number of hydrogen-bond donors (Lipinski definition) is 0. The Hall–Kier alpha value is -2.19. The maximum atomic E-state index is 13.1. The number of pyridine rings is 1. The number of aromatic nitrogens is 1. The zero-order valence-electron chi connectivity index (χ0n) is 14.8. The van der Waals surface area contributed by atoms with E-state index in [0.29, 0.717) is 10.2 Å². The molecule has 14 heteroatoms. The molecule has 0 N–H and O–H groups in total. The van der Waals surface area contributed by atoms with Gasteiger partial charge in [0.25, 0.3) is 10.0 Å². The van der Waals surface area contributed by atoms with Crippen LogP contribution in [0.25, 0.3) is 0 Å². The lowest BCUT2D eigenvalue weighted by Crippen LogP contribution is -2.27. The van der Waals surface area contributed by atoms with E-state index in [9.17, 15) is 26.2 Å². The highest BCUT2D eigenvalue weighted by Gasteiger charge is 2.47. The fraction of sp³-hybridized carbons (Fsp3) is 0.267. The molecule has 0 saturated carbocycles. The van der Waals surface area contributed by atoms with Crippen molar-refractivity contribution in [2.75, 3.05) is 19.0 Å². The van der Waals surface area contributed by atoms with Crippen molar-refractivity contribution in [1.29, 1.82) is 0 Å². The number of benzene rings is 1. The Balaban J connectivity index is 2.62. The van der Waals surface area contributed by atoms with Gasteiger partial charge in [-0.1, -0.05) is 0 Å². The van der Waals surface area contributed by atoms with Crippen LogP contribution in [-0.2, 0) is 14.2 Å². The minimum atomic E-state index is -5.78. The smallest absolute Gasteiger partial charge is 0.378 e. The minimum absolute atomic E-state index is 0.122. The number of halogens is 6. The SMILES string of the molecule is CN(C)c1ccc(N=Nc2ccc(Br)cn2)c(N=S(=O)(OC(F)F)C(F)(F)F)c1. The van der Waals surface area contributed by atoms with Gasteiger partial charge in [0, 0.05) is 30.5 Å². The first-order valence-corrected chi connectivity index (χ1v) is 9.79. The van der Waals surface area contributed by atoms with Gasteiger partial charge in [-0.25, -0.2) is 13.4 Å². The van der Waals surface area contributed by atoms with Gasteiger partial charge in [0.15, 0.2) is 5.82 Å². The normalized spacial score (nSPS) is 14.2. The maximum Gasteiger partial charge on any atom is 0.504 e. The van der Waals surface area contributed by atoms with Gasteiger partial charge in [-0.3, -0.25) is 0 Å². The zero-order valence-corrected chi connectivity index (χ0v) is 17.2. The van der Waals surface area contributed by atoms with Gasteiger partial charge in [-0.15, -0.1) is 10.2 Å². The van der Waals surface area contributed by atoms with E-state index in [1.165, 1.54) is 29.3 Å². The molecular weight excluding hydrogens is 489 g/mol. The third-order valence-electron chi connectivity index (χ3n) is 3.16. The van der Waals surface area contributed by atoms with E-state index in [2.05, 4.69) is 39.7 Å². The highest BCUT2D eigenvalue weighted by molar-refractivity contribution is 9.10. The second-order valence-corrected chi connectivity index (χ2v) is 8.17. The number of rotatable bonds is 6. The van der Waals surface area contributed by atoms with Gasteiger partial charge in [-0.05, 0) is 46.3 Å². The predicted molar refractivity (Wildman–Crippen MR) is 100 cm³/mol. The molecule has 0 aliphatic heterocycles. The van der Waals surface area contributed by atoms with Gasteiger partial charge in [0.05, 0.1) is 0 Å². The first-order chi connectivity index (χ1) is 13.4. The van der Waals surface area contributed by atoms with Crippen LogP contribution in [0, 0.1) is 0 Å². The summed E-state index contributed by atoms with van der Waals surface area (Å²) in [6, 6.07) is 6.89. The Bertz CT molecular complexity index is 1010. The molecule has 1 unspecified atom stereocenters. The molecule has 0 bridgehead atoms. The molecule has 1 aromatic heterocycles. The van der Waals surface area contributed by atoms with Crippen molar-refractivity contribution in [1.82, 2.24) is 4.98 Å². The second kappa shape index (κ2) is 9.09. The average Bonchev–Trinajstić information content (AvgIpc) is 2.60. The largest absolute Gasteiger partial charge is 0.504 e. The molecule has 0 fully saturated rings. The van der Waals surface area contributed by atoms with Crippen molar-refractivity contribution in [2.24, 2.45) is 14.6 Å². The summed E-state index contributed by atoms with van der Waals surface area (Å²) in [4.78, 5) is 5.43. The van der Waals surface area contributed by atoms with Gasteiger partial charge < -0.3 is 4.90 Å². The van der Waals surface area contributed by atoms with Crippen molar-refractivity contribution >= 4 is 48.8 Å². The summed E-state index contributed by atoms with van der Waals surface area (Å²) in [7, 11) is -2.61. The summed E-state index contributed by atoms with van der Waals surface area (Å²) in [6.45, 7) is -3.96. The second-order valence-electron chi connectivity index (χ2n) is 5.47. The van der Waals surface area contributed by atoms with Crippen LogP contribution in [0.15, 0.2) is 55.6 Å². The molecule has 0 saturated heterocycles. The van der Waals surface area contributed by atoms with Crippen LogP contribution >= 0.6 is 15.9 Å². The van der Waals surface area contributed by atoms with Crippen molar-refractivity contribution in [3.63, 3.8) is 0 Å². The molecule has 1 heterocycles. The van der Waals surface area contributed by atoms with Crippen LogP contribution in [-0.4, -0.2) is 35.4 Å². The summed E-state index contributed by atoms with van der Waals surface area (Å²) in [5.74, 6) is 0.122. The van der Waals surface area contributed by atoms with Crippen molar-refractivity contribution in [3.8, 4) is 0 Å². The molecule has 0 aliphatic rings. The summed E-state index contributed by atoms with van der Waals surface area (Å²) < 4.78 is 83.3. The van der Waals surface area contributed by atoms with E-state index >= 15 is 0 Å². The van der Waals surface area contributed by atoms with Crippen molar-refractivity contribution in [2.45, 2.75) is 12.1 Å². The first kappa shape index (κ1) is 23.1. The lowest BCUT2D eigenvalue weighted by atomic mass is 10.2. The molecule has 1 aromatic carbocycles. The van der Waals surface area contributed by atoms with Gasteiger partial charge in [0.1, 0.15) is 11.4 Å². The lowest BCUT2D eigenvalue weighted by molar-refractivity contribution is -0.0856. The molecule has 2 aromatic rings. The molecular formula is C15H13BrF5N5O2S. The van der Waals surface area contributed by atoms with Gasteiger partial charge in [-0.2, -0.15) is 26.3 Å². The van der Waals surface area contributed by atoms with E-state index < -0.39 is 27.8 Å². The third-order valence-corrected chi connectivity index (χ3v) is 5.06. The standard InChI is InChI=1S/C15H13BrF5N5O2S/c1-26(2)10-4-5-11(23-24-13-6-3-9(16)8-22-13)12(7-10)25-29(27,15(19,20)21)28-14(17)18/h3-8,14H,1-2H3. The lowest BCUT2D eigenvalue weighted by Gasteiger charge is -2.16. The van der Waals surface area contributed by atoms with Gasteiger partial charge in [0.2, 0.25) is 0 Å². The zero-order chi connectivity index (χ0) is 21.8. The molecule has 7 nitrogen and oxygen atoms in total. The van der Waals surface area contributed by atoms with Gasteiger partial charge >= 0.3 is 12.1 Å². The quantitative estimate of drug-likeness (QED) is 0.353. The van der Waals surface area contributed by atoms with E-state index in [1.54, 1.807) is 20.2 Å². The number of alkyl halides is 5. The Kier molecular flexibility index (Phi) is 7.24. The Morgan fingerprint density at radius 2 is 1.83 bits per heavy atom. The van der Waals surface area contributed by atoms with E-state index in [1.807, 2.05) is 0 Å². The Morgan fingerprint density at radius 1 is 1.14 bits per heavy atom. The van der Waals surface area contributed by atoms with E-state index in [0.717, 1.165) is 6.07 Å². The van der Waals surface area contributed by atoms with E-state index in [-0.39, 0.29) is 11.5 Å². The summed E-state index contributed by atoms with van der Waals surface area (Å²) in [5.41, 5.74) is -6.17. The van der Waals surface area contributed by atoms with Crippen LogP contribution in [0.1, 0.15) is 0 Å². The number of azo groups is 1. The Labute approximate surface area is 171 Å². The first-order valence-electron chi connectivity index (χ1n) is 7.56. The summed E-state index contributed by atoms with van der Waals surface area (Å²) in [5, 5.41) is 7.51. The Morgan fingerprint density at radius 3 is 2.34 bits per heavy atom. The number of nitrogens with zero attached hydrogens (tertiary/aromatic N) is 5. The van der Waals surface area contributed by atoms with E-state index in [4.69, 9.17) is 0 Å². The van der Waals surface area contributed by atoms with Crippen LogP contribution in [0.4, 0.5) is 44.8 Å². The van der Waals surface area contributed by atoms with Crippen LogP contribution in [0.3, 0.4) is 0 Å². The minimum Gasteiger partial charge on any atom is -0.378 e. The molecule has 0 spiro atoms. The fourth-order valence-corrected chi connectivity index (χ4v) is 2.93. The van der Waals surface area contributed by atoms with Crippen molar-refractivity contribution < 1.29 is 30.3 Å². The monoisotopic (exact) mass is 501 g/mol. The van der Waals surface area contributed by atoms with Crippen LogP contribution in [0.5, 0.6) is 0 Å². The topological polar surface area (TPSA) is 79.5 Å². The molecule has 29 heavy (non-hydrogen) atoms. The third kappa shape index (κ3) is 6.14. The molecule has 0 amide bonds. The predicted octanol–water partition coefficient (Wildman–Crippen LogP) is 6.10. The molecule has 158 valence electrons. The molecule has 1 atom stereocenters. The fourth-order valence-electron chi connectivity index (χ4n) is 1.84. The summed E-state index contributed by atoms with van der Waals surface area (Å²) in [6.07, 6.45) is 1.42. The highest BCUT2D eigenvalue weighted by atomic mass is 79.9. The maximum absolute atomic E-state index is 13.1. The molecule has 2 rings (SSSR count). The molecule has 0 radical (unpaired) electrons. The van der Waals surface area contributed by atoms with Crippen LogP contribution in [0.2, 0.25) is 0 Å². The highest BCUT2D eigenvalue weighted by Crippen LogP contribution is 2.38. The summed E-state index contributed by atoms with van der Waals surface area (Å²) >= 11 is 3.18. The average molecular weight is 502 g/mol. The van der Waals surface area contributed by atoms with Crippen molar-refractivity contribution in [3.05, 3.63) is 41.0 Å². The number of anilines is 1. The number of hydrogen-bond acceptors (Lipinski definition) is 7.